The van der Waals surface area contributed by atoms with Crippen LogP contribution in [0.25, 0.3) is 0 Å². The number of rotatable bonds is 5. The third-order valence-electron chi connectivity index (χ3n) is 3.48. The van der Waals surface area contributed by atoms with Gasteiger partial charge in [-0.25, -0.2) is 0 Å². The number of hydrazone groups is 1. The van der Waals surface area contributed by atoms with Crippen LogP contribution in [0.2, 0.25) is 0 Å². The molecule has 0 saturated heterocycles. The maximum Gasteiger partial charge on any atom is 0.418 e. The average molecular weight is 379 g/mol. The Balaban J connectivity index is 2.15. The van der Waals surface area contributed by atoms with Gasteiger partial charge in [0.25, 0.3) is 0 Å². The molecular weight excluding hydrogens is 359 g/mol. The molecule has 0 atom stereocenters. The van der Waals surface area contributed by atoms with Crippen molar-refractivity contribution in [1.82, 2.24) is 5.43 Å². The Morgan fingerprint density at radius 2 is 1.65 bits per heavy atom. The molecule has 0 heterocycles. The zero-order valence-electron chi connectivity index (χ0n) is 14.5. The molecule has 26 heavy (non-hydrogen) atoms. The molecule has 0 unspecified atom stereocenters. The van der Waals surface area contributed by atoms with Gasteiger partial charge in [-0.15, -0.1) is 0 Å². The van der Waals surface area contributed by atoms with E-state index in [9.17, 15) is 13.2 Å². The van der Waals surface area contributed by atoms with Gasteiger partial charge in [-0.2, -0.15) is 18.3 Å². The molecule has 0 amide bonds. The van der Waals surface area contributed by atoms with Crippen LogP contribution in [0.4, 0.5) is 18.9 Å². The Kier molecular flexibility index (Phi) is 6.74. The molecule has 138 valence electrons. The van der Waals surface area contributed by atoms with Crippen LogP contribution in [0.5, 0.6) is 0 Å². The van der Waals surface area contributed by atoms with E-state index in [1.165, 1.54) is 18.2 Å². The highest BCUT2D eigenvalue weighted by Crippen LogP contribution is 2.34. The molecule has 0 aromatic heterocycles. The predicted octanol–water partition coefficient (Wildman–Crippen LogP) is 5.44. The van der Waals surface area contributed by atoms with Crippen molar-refractivity contribution in [3.05, 3.63) is 65.7 Å². The lowest BCUT2D eigenvalue weighted by atomic mass is 10.0. The van der Waals surface area contributed by atoms with E-state index < -0.39 is 11.7 Å². The second kappa shape index (κ2) is 8.80. The van der Waals surface area contributed by atoms with E-state index in [2.05, 4.69) is 29.7 Å². The van der Waals surface area contributed by atoms with Gasteiger partial charge < -0.3 is 5.32 Å². The van der Waals surface area contributed by atoms with E-state index in [1.54, 1.807) is 0 Å². The van der Waals surface area contributed by atoms with E-state index in [0.717, 1.165) is 17.3 Å². The quantitative estimate of drug-likeness (QED) is 0.412. The van der Waals surface area contributed by atoms with Gasteiger partial charge in [0.05, 0.1) is 17.0 Å². The molecule has 0 aliphatic carbocycles. The van der Waals surface area contributed by atoms with E-state index in [0.29, 0.717) is 12.3 Å². The third-order valence-corrected chi connectivity index (χ3v) is 3.68. The minimum Gasteiger partial charge on any atom is -0.331 e. The SMILES string of the molecule is CC(C)C/C(=N/NC(=S)Nc1ccccc1C(F)(F)F)c1ccccc1. The van der Waals surface area contributed by atoms with Crippen molar-refractivity contribution in [1.29, 1.82) is 0 Å². The number of hydrogen-bond donors (Lipinski definition) is 2. The molecule has 0 aliphatic heterocycles. The smallest absolute Gasteiger partial charge is 0.331 e. The molecule has 0 aliphatic rings. The van der Waals surface area contributed by atoms with Crippen LogP contribution < -0.4 is 10.7 Å². The molecule has 2 aromatic carbocycles. The molecular formula is C19H20F3N3S. The maximum absolute atomic E-state index is 13.0. The lowest BCUT2D eigenvalue weighted by molar-refractivity contribution is -0.136. The lowest BCUT2D eigenvalue weighted by Crippen LogP contribution is -2.27. The van der Waals surface area contributed by atoms with Crippen LogP contribution in [0.3, 0.4) is 0 Å². The summed E-state index contributed by atoms with van der Waals surface area (Å²) in [5.74, 6) is 0.364. The first-order valence-corrected chi connectivity index (χ1v) is 8.53. The fourth-order valence-electron chi connectivity index (χ4n) is 2.35. The third kappa shape index (κ3) is 5.84. The van der Waals surface area contributed by atoms with Crippen molar-refractivity contribution in [2.45, 2.75) is 26.4 Å². The first kappa shape index (κ1) is 19.9. The summed E-state index contributed by atoms with van der Waals surface area (Å²) in [4.78, 5) is 0. The number of nitrogens with one attached hydrogen (secondary N) is 2. The van der Waals surface area contributed by atoms with E-state index in [1.807, 2.05) is 30.3 Å². The van der Waals surface area contributed by atoms with Gasteiger partial charge in [0.15, 0.2) is 5.11 Å². The zero-order chi connectivity index (χ0) is 19.2. The number of thiocarbonyl (C=S) groups is 1. The normalized spacial score (nSPS) is 12.2. The Morgan fingerprint density at radius 3 is 2.27 bits per heavy atom. The Bertz CT molecular complexity index is 771. The van der Waals surface area contributed by atoms with Gasteiger partial charge in [0.2, 0.25) is 0 Å². The van der Waals surface area contributed by atoms with Crippen LogP contribution in [-0.4, -0.2) is 10.8 Å². The summed E-state index contributed by atoms with van der Waals surface area (Å²) >= 11 is 5.10. The van der Waals surface area contributed by atoms with Crippen LogP contribution in [0, 0.1) is 5.92 Å². The molecule has 0 fully saturated rings. The fourth-order valence-corrected chi connectivity index (χ4v) is 2.51. The summed E-state index contributed by atoms with van der Waals surface area (Å²) in [7, 11) is 0. The molecule has 2 N–H and O–H groups in total. The van der Waals surface area contributed by atoms with Crippen LogP contribution in [0.1, 0.15) is 31.4 Å². The second-order valence-corrected chi connectivity index (χ2v) is 6.54. The number of anilines is 1. The van der Waals surface area contributed by atoms with Gasteiger partial charge in [0.1, 0.15) is 0 Å². The van der Waals surface area contributed by atoms with Gasteiger partial charge in [-0.1, -0.05) is 56.3 Å². The fraction of sp³-hybridized carbons (Fsp3) is 0.263. The number of nitrogens with zero attached hydrogens (tertiary/aromatic N) is 1. The van der Waals surface area contributed by atoms with E-state index >= 15 is 0 Å². The van der Waals surface area contributed by atoms with E-state index in [-0.39, 0.29) is 10.8 Å². The number of hydrogen-bond acceptors (Lipinski definition) is 2. The molecule has 2 rings (SSSR count). The van der Waals surface area contributed by atoms with Crippen molar-refractivity contribution in [3.63, 3.8) is 0 Å². The zero-order valence-corrected chi connectivity index (χ0v) is 15.3. The summed E-state index contributed by atoms with van der Waals surface area (Å²) in [5.41, 5.74) is 3.49. The van der Waals surface area contributed by atoms with Gasteiger partial charge >= 0.3 is 6.18 Å². The second-order valence-electron chi connectivity index (χ2n) is 6.13. The van der Waals surface area contributed by atoms with Crippen molar-refractivity contribution in [3.8, 4) is 0 Å². The van der Waals surface area contributed by atoms with Crippen LogP contribution in [-0.2, 0) is 6.18 Å². The highest BCUT2D eigenvalue weighted by molar-refractivity contribution is 7.80. The minimum atomic E-state index is -4.46. The summed E-state index contributed by atoms with van der Waals surface area (Å²) in [6.07, 6.45) is -3.76. The topological polar surface area (TPSA) is 36.4 Å². The molecule has 2 aromatic rings. The highest BCUT2D eigenvalue weighted by atomic mass is 32.1. The summed E-state index contributed by atoms with van der Waals surface area (Å²) in [6.45, 7) is 4.13. The van der Waals surface area contributed by atoms with Crippen LogP contribution in [0.15, 0.2) is 59.7 Å². The molecule has 0 bridgehead atoms. The average Bonchev–Trinajstić information content (AvgIpc) is 2.58. The Morgan fingerprint density at radius 1 is 1.04 bits per heavy atom. The van der Waals surface area contributed by atoms with Gasteiger partial charge in [-0.3, -0.25) is 5.43 Å². The van der Waals surface area contributed by atoms with Gasteiger partial charge in [0, 0.05) is 0 Å². The Hall–Kier alpha value is -2.41. The summed E-state index contributed by atoms with van der Waals surface area (Å²) in [6, 6.07) is 14.7. The number of alkyl halides is 3. The summed E-state index contributed by atoms with van der Waals surface area (Å²) < 4.78 is 39.1. The number of para-hydroxylation sites is 1. The minimum absolute atomic E-state index is 0.00103. The summed E-state index contributed by atoms with van der Waals surface area (Å²) in [5, 5.41) is 6.87. The predicted molar refractivity (Wildman–Crippen MR) is 103 cm³/mol. The number of halogens is 3. The standard InChI is InChI=1S/C19H20F3N3S/c1-13(2)12-17(14-8-4-3-5-9-14)24-25-18(26)23-16-11-7-6-10-15(16)19(20,21)22/h3-11,13H,12H2,1-2H3,(H2,23,25,26)/b24-17-. The highest BCUT2D eigenvalue weighted by Gasteiger charge is 2.33. The molecule has 0 saturated carbocycles. The van der Waals surface area contributed by atoms with Crippen molar-refractivity contribution >= 4 is 28.7 Å². The van der Waals surface area contributed by atoms with Crippen LogP contribution >= 0.6 is 12.2 Å². The van der Waals surface area contributed by atoms with Crippen molar-refractivity contribution < 1.29 is 13.2 Å². The maximum atomic E-state index is 13.0. The first-order chi connectivity index (χ1) is 12.3. The van der Waals surface area contributed by atoms with Gasteiger partial charge in [-0.05, 0) is 42.3 Å². The van der Waals surface area contributed by atoms with E-state index in [4.69, 9.17) is 12.2 Å². The first-order valence-electron chi connectivity index (χ1n) is 8.12. The Labute approximate surface area is 156 Å². The molecule has 3 nitrogen and oxygen atoms in total. The lowest BCUT2D eigenvalue weighted by Gasteiger charge is -2.15. The van der Waals surface area contributed by atoms with Crippen molar-refractivity contribution in [2.75, 3.05) is 5.32 Å². The molecule has 0 spiro atoms. The molecule has 7 heteroatoms. The largest absolute Gasteiger partial charge is 0.418 e. The monoisotopic (exact) mass is 379 g/mol. The number of benzene rings is 2. The van der Waals surface area contributed by atoms with Crippen molar-refractivity contribution in [2.24, 2.45) is 11.0 Å². The molecule has 0 radical (unpaired) electrons.